The van der Waals surface area contributed by atoms with Crippen molar-refractivity contribution in [1.82, 2.24) is 18.3 Å². The number of aromatic nitrogens is 4. The Morgan fingerprint density at radius 2 is 0.497 bits per heavy atom. The number of anilines is 6. The summed E-state index contributed by atoms with van der Waals surface area (Å²) in [6.07, 6.45) is 0. The molecule has 143 heavy (non-hydrogen) atoms. The van der Waals surface area contributed by atoms with Gasteiger partial charge in [-0.25, -0.2) is 0 Å². The van der Waals surface area contributed by atoms with Crippen LogP contribution in [0.15, 0.2) is 466 Å². The van der Waals surface area contributed by atoms with Gasteiger partial charge in [-0.15, -0.1) is 0 Å². The van der Waals surface area contributed by atoms with Crippen LogP contribution in [-0.2, 0) is 9.31 Å². The van der Waals surface area contributed by atoms with Crippen LogP contribution in [0.3, 0.4) is 0 Å². The monoisotopic (exact) mass is 1910 g/mol. The standard InChI is InChI=1S/C63H47N3.C42H27BrN2.C27H32BNO2.CH4/c1-42-25-31-49(32-26-42)64(50-33-27-43(2)28-34-50)51-35-36-52(44(3)39-51)56-22-14-21-53(45-29-37-61-57(40-45)54-19-10-12-23-59(54)65(61)47-15-6-4-7-16-47)63(56)46-30-38-62-58(41-46)55-20-11-13-24-60(55)66(62)48-17-8-5-9-18-48;43-37-19-11-18-32(28-22-24-40-35(26-28)33-16-7-9-20-38(33)44(40)30-12-3-1-4-13-30)42(37)29-23-25-41-36(27-29)34-17-8-10-21-39(34)45(41)31-14-5-2-6-15-31;1-19-8-12-22(13-9-19)29(23-14-10-20(2)11-15-23)24-16-17-25(21(3)18-24)28-30-26(4,5)27(6,7)31-28;/h4-41H,1-3H3;1-27H;8-18H,1-7H3;1H4. The Balaban J connectivity index is 0.000000132. The number of hydrogen-bond acceptors (Lipinski definition) is 4. The molecular formula is C133H110BBrN6O2. The van der Waals surface area contributed by atoms with Crippen LogP contribution < -0.4 is 15.3 Å². The van der Waals surface area contributed by atoms with Crippen molar-refractivity contribution in [2.24, 2.45) is 0 Å². The Hall–Kier alpha value is -16.3. The van der Waals surface area contributed by atoms with Crippen molar-refractivity contribution in [2.75, 3.05) is 9.80 Å². The number of halogens is 1. The number of rotatable bonds is 16. The van der Waals surface area contributed by atoms with Crippen LogP contribution in [0.25, 0.3) is 166 Å². The van der Waals surface area contributed by atoms with E-state index in [4.69, 9.17) is 9.31 Å². The lowest BCUT2D eigenvalue weighted by molar-refractivity contribution is 0.00578. The first kappa shape index (κ1) is 91.7. The lowest BCUT2D eigenvalue weighted by Gasteiger charge is -2.32. The molecular weight excluding hydrogens is 1800 g/mol. The second-order valence-electron chi connectivity index (χ2n) is 38.7. The van der Waals surface area contributed by atoms with Gasteiger partial charge in [0.2, 0.25) is 0 Å². The van der Waals surface area contributed by atoms with Crippen LogP contribution in [0, 0.1) is 41.5 Å². The fourth-order valence-corrected chi connectivity index (χ4v) is 21.7. The summed E-state index contributed by atoms with van der Waals surface area (Å²) in [5, 5.41) is 9.94. The minimum absolute atomic E-state index is 0. The summed E-state index contributed by atoms with van der Waals surface area (Å²) in [4.78, 5) is 4.66. The molecule has 1 saturated heterocycles. The van der Waals surface area contributed by atoms with Crippen molar-refractivity contribution < 1.29 is 9.31 Å². The molecule has 8 nitrogen and oxygen atoms in total. The van der Waals surface area contributed by atoms with E-state index in [9.17, 15) is 0 Å². The molecule has 0 amide bonds. The van der Waals surface area contributed by atoms with Crippen LogP contribution in [0.1, 0.15) is 68.5 Å². The van der Waals surface area contributed by atoms with E-state index in [2.05, 4.69) is 574 Å². The molecule has 25 rings (SSSR count). The number of benzene rings is 20. The highest BCUT2D eigenvalue weighted by atomic mass is 79.9. The molecule has 5 heterocycles. The molecule has 0 unspecified atom stereocenters. The SMILES string of the molecule is Brc1cccc(-c2ccc3c(c2)c2ccccc2n3-c2ccccc2)c1-c1ccc2c(c1)c1ccccc1n2-c1ccccc1.C.Cc1ccc(N(c2ccc(C)cc2)c2ccc(-c3cccc(-c4ccc5c(c4)c4ccccc4n5-c4ccccc4)c3-c3ccc4c(c3)c3ccccc3n4-c3ccccc3)c(C)c2)cc1.Cc1ccc(N(c2ccc(C)cc2)c2ccc(B3OC(C)(C)C(C)(C)O3)c(C)c2)cc1. The van der Waals surface area contributed by atoms with Gasteiger partial charge in [0.25, 0.3) is 0 Å². The molecule has 0 spiro atoms. The van der Waals surface area contributed by atoms with Crippen molar-refractivity contribution in [2.45, 2.75) is 87.9 Å². The summed E-state index contributed by atoms with van der Waals surface area (Å²) in [6.45, 7) is 21.3. The summed E-state index contributed by atoms with van der Waals surface area (Å²) >= 11 is 3.95. The lowest BCUT2D eigenvalue weighted by Crippen LogP contribution is -2.41. The molecule has 4 aromatic heterocycles. The predicted molar refractivity (Wildman–Crippen MR) is 612 cm³/mol. The van der Waals surface area contributed by atoms with E-state index in [1.165, 1.54) is 182 Å². The van der Waals surface area contributed by atoms with E-state index in [-0.39, 0.29) is 25.7 Å². The third-order valence-electron chi connectivity index (χ3n) is 29.0. The fraction of sp³-hybridized carbons (Fsp3) is 0.0977. The Morgan fingerprint density at radius 1 is 0.224 bits per heavy atom. The first-order valence-corrected chi connectivity index (χ1v) is 49.8. The molecule has 0 atom stereocenters. The lowest BCUT2D eigenvalue weighted by atomic mass is 9.76. The molecule has 1 fully saturated rings. The van der Waals surface area contributed by atoms with E-state index >= 15 is 0 Å². The van der Waals surface area contributed by atoms with Crippen molar-refractivity contribution in [3.05, 3.63) is 499 Å². The minimum atomic E-state index is -0.355. The zero-order valence-corrected chi connectivity index (χ0v) is 82.9. The van der Waals surface area contributed by atoms with Crippen molar-refractivity contribution in [1.29, 1.82) is 0 Å². The van der Waals surface area contributed by atoms with Crippen molar-refractivity contribution in [3.63, 3.8) is 0 Å². The third-order valence-corrected chi connectivity index (χ3v) is 29.6. The Bertz CT molecular complexity index is 8800. The van der Waals surface area contributed by atoms with Gasteiger partial charge in [-0.05, 0) is 336 Å². The van der Waals surface area contributed by atoms with Crippen LogP contribution in [0.5, 0.6) is 0 Å². The van der Waals surface area contributed by atoms with Crippen LogP contribution in [-0.4, -0.2) is 36.6 Å². The third kappa shape index (κ3) is 17.0. The van der Waals surface area contributed by atoms with E-state index in [1.807, 2.05) is 0 Å². The number of nitrogens with zero attached hydrogens (tertiary/aromatic N) is 6. The average molecular weight is 1920 g/mol. The van der Waals surface area contributed by atoms with Gasteiger partial charge in [0.05, 0.1) is 55.3 Å². The normalized spacial score (nSPS) is 12.7. The summed E-state index contributed by atoms with van der Waals surface area (Å²) in [5.74, 6) is 0. The largest absolute Gasteiger partial charge is 0.495 e. The van der Waals surface area contributed by atoms with Gasteiger partial charge in [-0.1, -0.05) is 306 Å². The highest BCUT2D eigenvalue weighted by Crippen LogP contribution is 2.50. The molecule has 0 aliphatic carbocycles. The summed E-state index contributed by atoms with van der Waals surface area (Å²) < 4.78 is 23.2. The highest BCUT2D eigenvalue weighted by molar-refractivity contribution is 9.10. The topological polar surface area (TPSA) is 44.7 Å². The van der Waals surface area contributed by atoms with E-state index in [0.29, 0.717) is 0 Å². The Labute approximate surface area is 846 Å². The maximum absolute atomic E-state index is 6.29. The quantitative estimate of drug-likeness (QED) is 0.0905. The first-order chi connectivity index (χ1) is 69.3. The van der Waals surface area contributed by atoms with E-state index in [1.54, 1.807) is 0 Å². The highest BCUT2D eigenvalue weighted by Gasteiger charge is 2.52. The molecule has 694 valence electrons. The van der Waals surface area contributed by atoms with Crippen LogP contribution in [0.4, 0.5) is 34.1 Å². The maximum Gasteiger partial charge on any atom is 0.495 e. The van der Waals surface area contributed by atoms with Gasteiger partial charge in [-0.3, -0.25) is 0 Å². The van der Waals surface area contributed by atoms with Crippen LogP contribution in [0.2, 0.25) is 0 Å². The Morgan fingerprint density at radius 3 is 0.839 bits per heavy atom. The molecule has 10 heteroatoms. The predicted octanol–water partition coefficient (Wildman–Crippen LogP) is 36.3. The fourth-order valence-electron chi connectivity index (χ4n) is 21.1. The minimum Gasteiger partial charge on any atom is -0.399 e. The zero-order valence-electron chi connectivity index (χ0n) is 81.3. The first-order valence-electron chi connectivity index (χ1n) is 49.0. The molecule has 0 N–H and O–H groups in total. The molecule has 1 aliphatic rings. The maximum atomic E-state index is 6.29. The van der Waals surface area contributed by atoms with E-state index < -0.39 is 0 Å². The smallest absolute Gasteiger partial charge is 0.399 e. The van der Waals surface area contributed by atoms with Gasteiger partial charge in [0, 0.05) is 110 Å². The zero-order chi connectivity index (χ0) is 96.6. The molecule has 0 radical (unpaired) electrons. The molecule has 24 aromatic rings. The number of aryl methyl sites for hydroxylation is 6. The average Bonchev–Trinajstić information content (AvgIpc) is 1.60. The van der Waals surface area contributed by atoms with Crippen LogP contribution >= 0.6 is 15.9 Å². The molecule has 0 bridgehead atoms. The van der Waals surface area contributed by atoms with Gasteiger partial charge in [0.15, 0.2) is 0 Å². The van der Waals surface area contributed by atoms with Gasteiger partial charge in [0.1, 0.15) is 0 Å². The van der Waals surface area contributed by atoms with Crippen molar-refractivity contribution in [3.8, 4) is 78.4 Å². The molecule has 1 aliphatic heterocycles. The van der Waals surface area contributed by atoms with Gasteiger partial charge in [-0.2, -0.15) is 0 Å². The second kappa shape index (κ2) is 38.0. The molecule has 0 saturated carbocycles. The van der Waals surface area contributed by atoms with Crippen molar-refractivity contribution >= 4 is 150 Å². The Kier molecular flexibility index (Phi) is 24.4. The number of hydrogen-bond donors (Lipinski definition) is 0. The number of para-hydroxylation sites is 8. The van der Waals surface area contributed by atoms with Gasteiger partial charge >= 0.3 is 7.12 Å². The van der Waals surface area contributed by atoms with E-state index in [0.717, 1.165) is 61.0 Å². The second-order valence-corrected chi connectivity index (χ2v) is 39.6. The summed E-state index contributed by atoms with van der Waals surface area (Å²) in [5.41, 5.74) is 40.7. The number of fused-ring (bicyclic) bond motifs is 12. The van der Waals surface area contributed by atoms with Gasteiger partial charge < -0.3 is 37.4 Å². The molecule has 20 aromatic carbocycles. The summed E-state index contributed by atoms with van der Waals surface area (Å²) in [6, 6.07) is 168. The summed E-state index contributed by atoms with van der Waals surface area (Å²) in [7, 11) is -0.355.